The molecule has 1 heterocycles. The molecule has 1 aromatic carbocycles. The number of benzene rings is 1. The highest BCUT2D eigenvalue weighted by molar-refractivity contribution is 9.10. The smallest absolute Gasteiger partial charge is 0.294 e. The van der Waals surface area contributed by atoms with Crippen LogP contribution in [0, 0.1) is 0 Å². The van der Waals surface area contributed by atoms with Gasteiger partial charge in [0, 0.05) is 14.9 Å². The second-order valence-electron chi connectivity index (χ2n) is 3.91. The molecular formula is C13H8BrF3OS. The van der Waals surface area contributed by atoms with Crippen LogP contribution in [-0.2, 0) is 6.18 Å². The number of halogens is 4. The zero-order chi connectivity index (χ0) is 14.2. The molecule has 1 nitrogen and oxygen atoms in total. The zero-order valence-corrected chi connectivity index (χ0v) is 12.1. The molecule has 0 aliphatic rings. The van der Waals surface area contributed by atoms with E-state index in [4.69, 9.17) is 0 Å². The molecule has 0 N–H and O–H groups in total. The van der Waals surface area contributed by atoms with Crippen molar-refractivity contribution in [1.29, 1.82) is 0 Å². The van der Waals surface area contributed by atoms with Gasteiger partial charge < -0.3 is 0 Å². The van der Waals surface area contributed by atoms with Gasteiger partial charge in [0.2, 0.25) is 0 Å². The van der Waals surface area contributed by atoms with Crippen molar-refractivity contribution >= 4 is 33.0 Å². The van der Waals surface area contributed by atoms with Crippen LogP contribution < -0.4 is 0 Å². The fourth-order valence-electron chi connectivity index (χ4n) is 1.56. The van der Waals surface area contributed by atoms with Crippen LogP contribution in [0.2, 0.25) is 0 Å². The molecule has 100 valence electrons. The average molecular weight is 349 g/mol. The molecule has 1 aromatic heterocycles. The van der Waals surface area contributed by atoms with Crippen molar-refractivity contribution in [1.82, 2.24) is 0 Å². The largest absolute Gasteiger partial charge is 0.416 e. The van der Waals surface area contributed by atoms with Crippen molar-refractivity contribution in [3.63, 3.8) is 0 Å². The van der Waals surface area contributed by atoms with E-state index >= 15 is 0 Å². The van der Waals surface area contributed by atoms with Crippen molar-refractivity contribution in [2.75, 3.05) is 0 Å². The lowest BCUT2D eigenvalue weighted by Crippen LogP contribution is -2.04. The maximum Gasteiger partial charge on any atom is 0.416 e. The molecule has 0 saturated carbocycles. The van der Waals surface area contributed by atoms with Crippen LogP contribution in [0.1, 0.15) is 22.2 Å². The number of hydrogen-bond donors (Lipinski definition) is 0. The number of alkyl halides is 3. The van der Waals surface area contributed by atoms with E-state index in [9.17, 15) is 18.0 Å². The third-order valence-corrected chi connectivity index (χ3v) is 4.42. The monoisotopic (exact) mass is 348 g/mol. The fourth-order valence-corrected chi connectivity index (χ4v) is 3.09. The van der Waals surface area contributed by atoms with Gasteiger partial charge in [-0.25, -0.2) is 0 Å². The fraction of sp³-hybridized carbons (Fsp3) is 0.154. The highest BCUT2D eigenvalue weighted by Gasteiger charge is 2.31. The minimum Gasteiger partial charge on any atom is -0.294 e. The van der Waals surface area contributed by atoms with Gasteiger partial charge in [-0.15, -0.1) is 11.3 Å². The van der Waals surface area contributed by atoms with Gasteiger partial charge in [-0.2, -0.15) is 13.2 Å². The van der Waals surface area contributed by atoms with E-state index in [1.54, 1.807) is 12.1 Å². The first kappa shape index (κ1) is 14.3. The summed E-state index contributed by atoms with van der Waals surface area (Å²) in [5.41, 5.74) is -0.268. The van der Waals surface area contributed by atoms with E-state index in [1.165, 1.54) is 24.3 Å². The molecule has 0 spiro atoms. The van der Waals surface area contributed by atoms with Gasteiger partial charge in [-0.1, -0.05) is 15.9 Å². The molecule has 0 amide bonds. The minimum absolute atomic E-state index is 0.0978. The van der Waals surface area contributed by atoms with Crippen LogP contribution in [0.25, 0.3) is 10.4 Å². The first-order valence-electron chi connectivity index (χ1n) is 5.27. The Hall–Kier alpha value is -1.14. The van der Waals surface area contributed by atoms with Crippen LogP contribution in [0.15, 0.2) is 34.8 Å². The molecule has 0 bridgehead atoms. The van der Waals surface area contributed by atoms with Gasteiger partial charge in [0.25, 0.3) is 0 Å². The number of thiophene rings is 1. The van der Waals surface area contributed by atoms with Gasteiger partial charge in [0.05, 0.1) is 10.4 Å². The summed E-state index contributed by atoms with van der Waals surface area (Å²) in [6.45, 7) is 1.43. The van der Waals surface area contributed by atoms with E-state index in [0.717, 1.165) is 12.1 Å². The molecule has 0 unspecified atom stereocenters. The lowest BCUT2D eigenvalue weighted by molar-refractivity contribution is -0.137. The average Bonchev–Trinajstić information content (AvgIpc) is 2.77. The quantitative estimate of drug-likeness (QED) is 0.664. The molecule has 0 atom stereocenters. The Kier molecular flexibility index (Phi) is 3.82. The Balaban J connectivity index is 2.51. The highest BCUT2D eigenvalue weighted by Crippen LogP contribution is 2.38. The van der Waals surface area contributed by atoms with Crippen LogP contribution in [-0.4, -0.2) is 5.78 Å². The summed E-state index contributed by atoms with van der Waals surface area (Å²) in [5.74, 6) is -0.0978. The number of carbonyl (C=O) groups excluding carboxylic acids is 1. The summed E-state index contributed by atoms with van der Waals surface area (Å²) in [7, 11) is 0. The zero-order valence-electron chi connectivity index (χ0n) is 9.72. The van der Waals surface area contributed by atoms with Crippen molar-refractivity contribution in [3.05, 3.63) is 45.2 Å². The summed E-state index contributed by atoms with van der Waals surface area (Å²) >= 11 is 4.42. The van der Waals surface area contributed by atoms with E-state index in [0.29, 0.717) is 19.8 Å². The standard InChI is InChI=1S/C13H8BrF3OS/c1-7(18)11-4-5-12(19-11)9-6-8(13(15,16)17)2-3-10(9)14/h2-6H,1H3. The molecule has 0 aliphatic carbocycles. The molecule has 0 aliphatic heterocycles. The Morgan fingerprint density at radius 1 is 1.21 bits per heavy atom. The number of ketones is 1. The Bertz CT molecular complexity index is 631. The van der Waals surface area contributed by atoms with Gasteiger partial charge in [0.15, 0.2) is 5.78 Å². The first-order valence-corrected chi connectivity index (χ1v) is 6.88. The Morgan fingerprint density at radius 2 is 1.89 bits per heavy atom. The lowest BCUT2D eigenvalue weighted by Gasteiger charge is -2.09. The predicted molar refractivity (Wildman–Crippen MR) is 72.5 cm³/mol. The summed E-state index contributed by atoms with van der Waals surface area (Å²) in [6.07, 6.45) is -4.38. The summed E-state index contributed by atoms with van der Waals surface area (Å²) in [4.78, 5) is 12.4. The van der Waals surface area contributed by atoms with E-state index in [2.05, 4.69) is 15.9 Å². The Labute approximate surface area is 120 Å². The van der Waals surface area contributed by atoms with Crippen molar-refractivity contribution in [2.45, 2.75) is 13.1 Å². The van der Waals surface area contributed by atoms with Crippen molar-refractivity contribution < 1.29 is 18.0 Å². The summed E-state index contributed by atoms with van der Waals surface area (Å²) in [6, 6.07) is 6.74. The van der Waals surface area contributed by atoms with E-state index in [-0.39, 0.29) is 5.78 Å². The number of hydrogen-bond acceptors (Lipinski definition) is 2. The molecule has 2 aromatic rings. The van der Waals surface area contributed by atoms with E-state index in [1.807, 2.05) is 0 Å². The van der Waals surface area contributed by atoms with Gasteiger partial charge in [-0.3, -0.25) is 4.79 Å². The maximum atomic E-state index is 12.7. The molecule has 19 heavy (non-hydrogen) atoms. The molecule has 0 saturated heterocycles. The molecule has 2 rings (SSSR count). The van der Waals surface area contributed by atoms with Crippen LogP contribution in [0.3, 0.4) is 0 Å². The third-order valence-electron chi connectivity index (χ3n) is 2.51. The second-order valence-corrected chi connectivity index (χ2v) is 5.85. The SMILES string of the molecule is CC(=O)c1ccc(-c2cc(C(F)(F)F)ccc2Br)s1. The van der Waals surface area contributed by atoms with Gasteiger partial charge in [0.1, 0.15) is 0 Å². The van der Waals surface area contributed by atoms with Gasteiger partial charge >= 0.3 is 6.18 Å². The van der Waals surface area contributed by atoms with Gasteiger partial charge in [-0.05, 0) is 37.3 Å². The maximum absolute atomic E-state index is 12.7. The normalized spacial score (nSPS) is 11.6. The van der Waals surface area contributed by atoms with Crippen molar-refractivity contribution in [2.24, 2.45) is 0 Å². The van der Waals surface area contributed by atoms with Crippen LogP contribution in [0.4, 0.5) is 13.2 Å². The van der Waals surface area contributed by atoms with Crippen LogP contribution in [0.5, 0.6) is 0 Å². The van der Waals surface area contributed by atoms with Crippen LogP contribution >= 0.6 is 27.3 Å². The number of carbonyl (C=O) groups is 1. The molecule has 0 radical (unpaired) electrons. The summed E-state index contributed by atoms with van der Waals surface area (Å²) < 4.78 is 38.6. The first-order chi connectivity index (χ1) is 8.79. The highest BCUT2D eigenvalue weighted by atomic mass is 79.9. The molecule has 6 heteroatoms. The van der Waals surface area contributed by atoms with Crippen molar-refractivity contribution in [3.8, 4) is 10.4 Å². The Morgan fingerprint density at radius 3 is 2.42 bits per heavy atom. The second kappa shape index (κ2) is 5.09. The minimum atomic E-state index is -4.38. The van der Waals surface area contributed by atoms with E-state index < -0.39 is 11.7 Å². The third kappa shape index (κ3) is 3.06. The number of rotatable bonds is 2. The topological polar surface area (TPSA) is 17.1 Å². The lowest BCUT2D eigenvalue weighted by atomic mass is 10.1. The molecule has 0 fully saturated rings. The molecular weight excluding hydrogens is 341 g/mol. The summed E-state index contributed by atoms with van der Waals surface area (Å²) in [5, 5.41) is 0. The predicted octanol–water partition coefficient (Wildman–Crippen LogP) is 5.40. The number of Topliss-reactive ketones (excluding diaryl/α,β-unsaturated/α-hetero) is 1.